The van der Waals surface area contributed by atoms with Crippen LogP contribution in [0.15, 0.2) is 36.4 Å². The maximum Gasteiger partial charge on any atom is 0.269 e. The van der Waals surface area contributed by atoms with E-state index in [1.807, 2.05) is 19.1 Å². The third-order valence-corrected chi connectivity index (χ3v) is 3.51. The molecule has 0 saturated heterocycles. The van der Waals surface area contributed by atoms with Crippen LogP contribution in [0.1, 0.15) is 15.9 Å². The van der Waals surface area contributed by atoms with E-state index in [2.05, 4.69) is 10.9 Å². The van der Waals surface area contributed by atoms with Gasteiger partial charge in [-0.25, -0.2) is 0 Å². The van der Waals surface area contributed by atoms with Crippen molar-refractivity contribution in [3.63, 3.8) is 0 Å². The molecule has 0 aliphatic carbocycles. The Morgan fingerprint density at radius 2 is 1.65 bits per heavy atom. The summed E-state index contributed by atoms with van der Waals surface area (Å²) in [5.41, 5.74) is 7.12. The maximum atomic E-state index is 12.0. The molecule has 0 unspecified atom stereocenters. The van der Waals surface area contributed by atoms with Crippen molar-refractivity contribution in [1.29, 1.82) is 0 Å². The number of hydrogen-bond acceptors (Lipinski definition) is 2. The molecule has 0 fully saturated rings. The Kier molecular flexibility index (Phi) is 4.76. The van der Waals surface area contributed by atoms with Crippen LogP contribution in [0.2, 0.25) is 15.1 Å². The van der Waals surface area contributed by atoms with E-state index in [0.29, 0.717) is 26.3 Å². The van der Waals surface area contributed by atoms with E-state index in [1.54, 1.807) is 12.1 Å². The largest absolute Gasteiger partial charge is 0.295 e. The quantitative estimate of drug-likeness (QED) is 0.801. The van der Waals surface area contributed by atoms with Gasteiger partial charge in [0.1, 0.15) is 0 Å². The monoisotopic (exact) mass is 328 g/mol. The first-order valence-electron chi connectivity index (χ1n) is 5.75. The zero-order valence-corrected chi connectivity index (χ0v) is 12.8. The number of nitrogens with one attached hydrogen (secondary N) is 2. The third kappa shape index (κ3) is 3.37. The summed E-state index contributed by atoms with van der Waals surface area (Å²) in [6.45, 7) is 1.86. The first-order chi connectivity index (χ1) is 9.49. The molecule has 20 heavy (non-hydrogen) atoms. The number of rotatable bonds is 3. The fraction of sp³-hybridized carbons (Fsp3) is 0.0714. The molecule has 2 aromatic carbocycles. The summed E-state index contributed by atoms with van der Waals surface area (Å²) in [7, 11) is 0. The number of amides is 1. The van der Waals surface area contributed by atoms with E-state index in [0.717, 1.165) is 5.56 Å². The van der Waals surface area contributed by atoms with E-state index < -0.39 is 0 Å². The molecular formula is C14H11Cl3N2O. The van der Waals surface area contributed by atoms with Gasteiger partial charge in [0.15, 0.2) is 0 Å². The number of halogens is 3. The van der Waals surface area contributed by atoms with E-state index >= 15 is 0 Å². The molecule has 104 valence electrons. The standard InChI is InChI=1S/C14H11Cl3N2O/c1-8-4-2-3-5-10(8)14(20)19-18-13-11(16)6-9(15)7-12(13)17/h2-7,18H,1H3,(H,19,20). The van der Waals surface area contributed by atoms with Crippen LogP contribution < -0.4 is 10.9 Å². The Morgan fingerprint density at radius 3 is 2.25 bits per heavy atom. The van der Waals surface area contributed by atoms with Gasteiger partial charge in [-0.05, 0) is 30.7 Å². The Balaban J connectivity index is 2.14. The molecule has 1 amide bonds. The predicted molar refractivity (Wildman–Crippen MR) is 83.7 cm³/mol. The lowest BCUT2D eigenvalue weighted by Crippen LogP contribution is -2.30. The number of benzene rings is 2. The van der Waals surface area contributed by atoms with Crippen molar-refractivity contribution in [3.05, 3.63) is 62.6 Å². The van der Waals surface area contributed by atoms with E-state index in [9.17, 15) is 4.79 Å². The van der Waals surface area contributed by atoms with E-state index in [-0.39, 0.29) is 5.91 Å². The summed E-state index contributed by atoms with van der Waals surface area (Å²) in [6.07, 6.45) is 0. The average Bonchev–Trinajstić information content (AvgIpc) is 2.37. The molecule has 2 aromatic rings. The van der Waals surface area contributed by atoms with Crippen molar-refractivity contribution in [2.75, 3.05) is 5.43 Å². The topological polar surface area (TPSA) is 41.1 Å². The second kappa shape index (κ2) is 6.35. The number of aryl methyl sites for hydroxylation is 1. The molecule has 0 aliphatic heterocycles. The normalized spacial score (nSPS) is 10.2. The van der Waals surface area contributed by atoms with Crippen LogP contribution in [0.5, 0.6) is 0 Å². The second-order valence-electron chi connectivity index (χ2n) is 4.14. The van der Waals surface area contributed by atoms with Crippen molar-refractivity contribution >= 4 is 46.4 Å². The highest BCUT2D eigenvalue weighted by molar-refractivity contribution is 6.41. The summed E-state index contributed by atoms with van der Waals surface area (Å²) >= 11 is 17.8. The summed E-state index contributed by atoms with van der Waals surface area (Å²) in [5, 5.41) is 1.08. The number of hydrogen-bond donors (Lipinski definition) is 2. The SMILES string of the molecule is Cc1ccccc1C(=O)NNc1c(Cl)cc(Cl)cc1Cl. The highest BCUT2D eigenvalue weighted by atomic mass is 35.5. The lowest BCUT2D eigenvalue weighted by molar-refractivity contribution is 0.0962. The third-order valence-electron chi connectivity index (χ3n) is 2.70. The minimum absolute atomic E-state index is 0.273. The minimum Gasteiger partial charge on any atom is -0.295 e. The van der Waals surface area contributed by atoms with Crippen molar-refractivity contribution in [2.24, 2.45) is 0 Å². The lowest BCUT2D eigenvalue weighted by atomic mass is 10.1. The number of carbonyl (C=O) groups is 1. The van der Waals surface area contributed by atoms with Gasteiger partial charge >= 0.3 is 0 Å². The zero-order valence-electron chi connectivity index (χ0n) is 10.5. The maximum absolute atomic E-state index is 12.0. The first kappa shape index (κ1) is 15.0. The van der Waals surface area contributed by atoms with Crippen molar-refractivity contribution < 1.29 is 4.79 Å². The van der Waals surface area contributed by atoms with Gasteiger partial charge in [0, 0.05) is 10.6 Å². The summed E-state index contributed by atoms with van der Waals surface area (Å²) < 4.78 is 0. The van der Waals surface area contributed by atoms with Gasteiger partial charge in [-0.3, -0.25) is 15.6 Å². The summed E-state index contributed by atoms with van der Waals surface area (Å²) in [4.78, 5) is 12.0. The average molecular weight is 330 g/mol. The number of carbonyl (C=O) groups excluding carboxylic acids is 1. The van der Waals surface area contributed by atoms with Gasteiger partial charge in [-0.1, -0.05) is 53.0 Å². The van der Waals surface area contributed by atoms with Crippen molar-refractivity contribution in [3.8, 4) is 0 Å². The molecule has 3 nitrogen and oxygen atoms in total. The molecule has 2 rings (SSSR count). The molecule has 0 aromatic heterocycles. The van der Waals surface area contributed by atoms with Crippen LogP contribution in [0.4, 0.5) is 5.69 Å². The lowest BCUT2D eigenvalue weighted by Gasteiger charge is -2.13. The van der Waals surface area contributed by atoms with Gasteiger partial charge in [-0.2, -0.15) is 0 Å². The fourth-order valence-electron chi connectivity index (χ4n) is 1.68. The first-order valence-corrected chi connectivity index (χ1v) is 6.89. The zero-order chi connectivity index (χ0) is 14.7. The highest BCUT2D eigenvalue weighted by Gasteiger charge is 2.11. The molecule has 6 heteroatoms. The van der Waals surface area contributed by atoms with Gasteiger partial charge in [0.25, 0.3) is 5.91 Å². The van der Waals surface area contributed by atoms with Gasteiger partial charge < -0.3 is 0 Å². The predicted octanol–water partition coefficient (Wildman–Crippen LogP) is 4.71. The molecule has 2 N–H and O–H groups in total. The van der Waals surface area contributed by atoms with Crippen LogP contribution in [0.3, 0.4) is 0 Å². The van der Waals surface area contributed by atoms with Gasteiger partial charge in [-0.15, -0.1) is 0 Å². The molecule has 0 bridgehead atoms. The van der Waals surface area contributed by atoms with Crippen LogP contribution in [-0.4, -0.2) is 5.91 Å². The number of anilines is 1. The molecular weight excluding hydrogens is 319 g/mol. The smallest absolute Gasteiger partial charge is 0.269 e. The Labute approximate surface area is 131 Å². The van der Waals surface area contributed by atoms with Crippen molar-refractivity contribution in [2.45, 2.75) is 6.92 Å². The Bertz CT molecular complexity index is 636. The Morgan fingerprint density at radius 1 is 1.05 bits per heavy atom. The van der Waals surface area contributed by atoms with Crippen molar-refractivity contribution in [1.82, 2.24) is 5.43 Å². The van der Waals surface area contributed by atoms with Gasteiger partial charge in [0.2, 0.25) is 0 Å². The molecule has 0 spiro atoms. The number of hydrazine groups is 1. The van der Waals surface area contributed by atoms with Crippen LogP contribution in [0, 0.1) is 6.92 Å². The Hall–Kier alpha value is -1.42. The molecule has 0 atom stereocenters. The van der Waals surface area contributed by atoms with E-state index in [1.165, 1.54) is 12.1 Å². The molecule has 0 saturated carbocycles. The van der Waals surface area contributed by atoms with Crippen LogP contribution in [0.25, 0.3) is 0 Å². The minimum atomic E-state index is -0.273. The second-order valence-corrected chi connectivity index (χ2v) is 5.39. The van der Waals surface area contributed by atoms with Gasteiger partial charge in [0.05, 0.1) is 15.7 Å². The molecule has 0 radical (unpaired) electrons. The summed E-state index contributed by atoms with van der Waals surface area (Å²) in [5.74, 6) is -0.273. The molecule has 0 aliphatic rings. The van der Waals surface area contributed by atoms with Crippen LogP contribution >= 0.6 is 34.8 Å². The molecule has 0 heterocycles. The highest BCUT2D eigenvalue weighted by Crippen LogP contribution is 2.33. The fourth-order valence-corrected chi connectivity index (χ4v) is 2.59. The van der Waals surface area contributed by atoms with Crippen LogP contribution in [-0.2, 0) is 0 Å². The van der Waals surface area contributed by atoms with E-state index in [4.69, 9.17) is 34.8 Å². The summed E-state index contributed by atoms with van der Waals surface area (Å²) in [6, 6.07) is 10.3.